The van der Waals surface area contributed by atoms with Gasteiger partial charge in [0, 0.05) is 6.08 Å². The summed E-state index contributed by atoms with van der Waals surface area (Å²) in [5, 5.41) is 2.51. The molecule has 0 saturated carbocycles. The number of rotatable bonds is 9. The van der Waals surface area contributed by atoms with Crippen molar-refractivity contribution in [2.24, 2.45) is 0 Å². The van der Waals surface area contributed by atoms with Crippen molar-refractivity contribution >= 4 is 18.0 Å². The number of amides is 1. The molecular weight excluding hydrogens is 365 g/mol. The molecule has 6 nitrogen and oxygen atoms in total. The van der Waals surface area contributed by atoms with Crippen molar-refractivity contribution in [3.05, 3.63) is 66.0 Å². The van der Waals surface area contributed by atoms with Crippen LogP contribution in [-0.4, -0.2) is 38.2 Å². The van der Waals surface area contributed by atoms with Gasteiger partial charge in [-0.15, -0.1) is 0 Å². The maximum Gasteiger partial charge on any atom is 0.328 e. The summed E-state index contributed by atoms with van der Waals surface area (Å²) in [6, 6.07) is 12.3. The molecule has 7 heteroatoms. The van der Waals surface area contributed by atoms with Crippen LogP contribution in [0.15, 0.2) is 54.6 Å². The van der Waals surface area contributed by atoms with Crippen molar-refractivity contribution < 1.29 is 28.2 Å². The third-order valence-corrected chi connectivity index (χ3v) is 3.68. The molecule has 2 aromatic carbocycles. The van der Waals surface area contributed by atoms with Gasteiger partial charge in [0.25, 0.3) is 0 Å². The molecule has 0 aliphatic heterocycles. The van der Waals surface area contributed by atoms with Crippen molar-refractivity contribution in [2.75, 3.05) is 20.3 Å². The summed E-state index contributed by atoms with van der Waals surface area (Å²) in [7, 11) is 1.57. The minimum absolute atomic E-state index is 0.00467. The van der Waals surface area contributed by atoms with Gasteiger partial charge in [-0.2, -0.15) is 0 Å². The molecule has 0 aromatic heterocycles. The van der Waals surface area contributed by atoms with Crippen LogP contribution in [0.1, 0.15) is 12.5 Å². The van der Waals surface area contributed by atoms with Crippen LogP contribution in [-0.2, 0) is 14.3 Å². The van der Waals surface area contributed by atoms with E-state index < -0.39 is 23.7 Å². The molecule has 2 rings (SSSR count). The van der Waals surface area contributed by atoms with Crippen LogP contribution in [0.4, 0.5) is 4.39 Å². The van der Waals surface area contributed by atoms with Crippen LogP contribution < -0.4 is 14.8 Å². The van der Waals surface area contributed by atoms with Gasteiger partial charge in [-0.05, 0) is 42.8 Å². The minimum Gasteiger partial charge on any atom is -0.497 e. The molecule has 0 unspecified atom stereocenters. The Kier molecular flexibility index (Phi) is 8.02. The lowest BCUT2D eigenvalue weighted by Crippen LogP contribution is -2.39. The standard InChI is InChI=1S/C21H22FNO5/c1-15(21(25)28-14-13-27-19-6-4-3-5-18(19)22)23-20(24)12-9-16-7-10-17(26-2)11-8-16/h3-12,15H,13-14H2,1-2H3,(H,23,24)/b12-9+/t15-/m0/s1. The van der Waals surface area contributed by atoms with Gasteiger partial charge in [-0.3, -0.25) is 4.79 Å². The topological polar surface area (TPSA) is 73.9 Å². The molecule has 0 heterocycles. The summed E-state index contributed by atoms with van der Waals surface area (Å²) in [6.45, 7) is 1.46. The van der Waals surface area contributed by atoms with E-state index in [9.17, 15) is 14.0 Å². The Hall–Kier alpha value is -3.35. The number of benzene rings is 2. The Labute approximate surface area is 162 Å². The van der Waals surface area contributed by atoms with Gasteiger partial charge in [0.2, 0.25) is 5.91 Å². The van der Waals surface area contributed by atoms with E-state index in [0.717, 1.165) is 11.3 Å². The summed E-state index contributed by atoms with van der Waals surface area (Å²) in [4.78, 5) is 23.8. The highest BCUT2D eigenvalue weighted by molar-refractivity contribution is 5.94. The summed E-state index contributed by atoms with van der Waals surface area (Å²) in [5.74, 6) is -0.718. The molecule has 0 aliphatic carbocycles. The zero-order valence-corrected chi connectivity index (χ0v) is 15.7. The van der Waals surface area contributed by atoms with Crippen LogP contribution >= 0.6 is 0 Å². The van der Waals surface area contributed by atoms with Gasteiger partial charge in [0.1, 0.15) is 25.0 Å². The molecule has 1 amide bonds. The maximum absolute atomic E-state index is 13.4. The van der Waals surface area contributed by atoms with E-state index >= 15 is 0 Å². The molecule has 1 atom stereocenters. The molecular formula is C21H22FNO5. The lowest BCUT2D eigenvalue weighted by Gasteiger charge is -2.13. The van der Waals surface area contributed by atoms with Crippen LogP contribution in [0.2, 0.25) is 0 Å². The lowest BCUT2D eigenvalue weighted by molar-refractivity contribution is -0.147. The first kappa shape index (κ1) is 21.0. The predicted octanol–water partition coefficient (Wildman–Crippen LogP) is 2.97. The molecule has 0 saturated heterocycles. The second-order valence-electron chi connectivity index (χ2n) is 5.78. The zero-order valence-electron chi connectivity index (χ0n) is 15.7. The smallest absolute Gasteiger partial charge is 0.328 e. The van der Waals surface area contributed by atoms with E-state index in [-0.39, 0.29) is 19.0 Å². The Balaban J connectivity index is 1.71. The number of methoxy groups -OCH3 is 1. The number of carbonyl (C=O) groups is 2. The number of hydrogen-bond donors (Lipinski definition) is 1. The first-order valence-corrected chi connectivity index (χ1v) is 8.66. The van der Waals surface area contributed by atoms with Crippen LogP contribution in [0, 0.1) is 5.82 Å². The Morgan fingerprint density at radius 2 is 1.82 bits per heavy atom. The van der Waals surface area contributed by atoms with Gasteiger partial charge in [0.05, 0.1) is 7.11 Å². The van der Waals surface area contributed by atoms with Gasteiger partial charge < -0.3 is 19.5 Å². The van der Waals surface area contributed by atoms with Gasteiger partial charge in [-0.1, -0.05) is 24.3 Å². The first-order valence-electron chi connectivity index (χ1n) is 8.66. The van der Waals surface area contributed by atoms with Gasteiger partial charge in [0.15, 0.2) is 11.6 Å². The number of ether oxygens (including phenoxy) is 3. The third-order valence-electron chi connectivity index (χ3n) is 3.68. The normalized spacial score (nSPS) is 11.7. The molecule has 2 aromatic rings. The van der Waals surface area contributed by atoms with E-state index in [1.54, 1.807) is 49.6 Å². The summed E-state index contributed by atoms with van der Waals surface area (Å²) >= 11 is 0. The molecule has 148 valence electrons. The first-order chi connectivity index (χ1) is 13.5. The monoisotopic (exact) mass is 387 g/mol. The fourth-order valence-corrected chi connectivity index (χ4v) is 2.19. The molecule has 0 fully saturated rings. The van der Waals surface area contributed by atoms with Crippen LogP contribution in [0.5, 0.6) is 11.5 Å². The van der Waals surface area contributed by atoms with Gasteiger partial charge in [-0.25, -0.2) is 9.18 Å². The van der Waals surface area contributed by atoms with Gasteiger partial charge >= 0.3 is 5.97 Å². The highest BCUT2D eigenvalue weighted by Crippen LogP contribution is 2.15. The Morgan fingerprint density at radius 1 is 1.11 bits per heavy atom. The number of para-hydroxylation sites is 1. The number of nitrogens with one attached hydrogen (secondary N) is 1. The van der Waals surface area contributed by atoms with Crippen LogP contribution in [0.25, 0.3) is 6.08 Å². The number of halogens is 1. The molecule has 0 aliphatic rings. The summed E-state index contributed by atoms with van der Waals surface area (Å²) in [5.41, 5.74) is 0.816. The summed E-state index contributed by atoms with van der Waals surface area (Å²) in [6.07, 6.45) is 2.95. The molecule has 0 spiro atoms. The van der Waals surface area contributed by atoms with E-state index in [1.807, 2.05) is 0 Å². The molecule has 0 radical (unpaired) electrons. The van der Waals surface area contributed by atoms with Crippen molar-refractivity contribution in [3.63, 3.8) is 0 Å². The highest BCUT2D eigenvalue weighted by Gasteiger charge is 2.15. The number of esters is 1. The van der Waals surface area contributed by atoms with Crippen LogP contribution in [0.3, 0.4) is 0 Å². The van der Waals surface area contributed by atoms with Crippen molar-refractivity contribution in [2.45, 2.75) is 13.0 Å². The van der Waals surface area contributed by atoms with Crippen molar-refractivity contribution in [1.82, 2.24) is 5.32 Å². The quantitative estimate of drug-likeness (QED) is 0.407. The number of carbonyl (C=O) groups excluding carboxylic acids is 2. The van der Waals surface area contributed by atoms with E-state index in [0.29, 0.717) is 0 Å². The van der Waals surface area contributed by atoms with Crippen molar-refractivity contribution in [3.8, 4) is 11.5 Å². The summed E-state index contributed by atoms with van der Waals surface area (Å²) < 4.78 is 28.7. The van der Waals surface area contributed by atoms with E-state index in [4.69, 9.17) is 14.2 Å². The predicted molar refractivity (Wildman–Crippen MR) is 102 cm³/mol. The van der Waals surface area contributed by atoms with Crippen molar-refractivity contribution in [1.29, 1.82) is 0 Å². The SMILES string of the molecule is COc1ccc(/C=C/C(=O)N[C@@H](C)C(=O)OCCOc2ccccc2F)cc1. The fraction of sp³-hybridized carbons (Fsp3) is 0.238. The molecule has 1 N–H and O–H groups in total. The number of hydrogen-bond acceptors (Lipinski definition) is 5. The maximum atomic E-state index is 13.4. The zero-order chi connectivity index (χ0) is 20.4. The lowest BCUT2D eigenvalue weighted by atomic mass is 10.2. The third kappa shape index (κ3) is 6.75. The molecule has 0 bridgehead atoms. The average Bonchev–Trinajstić information content (AvgIpc) is 2.71. The largest absolute Gasteiger partial charge is 0.497 e. The van der Waals surface area contributed by atoms with E-state index in [2.05, 4.69) is 5.32 Å². The highest BCUT2D eigenvalue weighted by atomic mass is 19.1. The van der Waals surface area contributed by atoms with E-state index in [1.165, 1.54) is 25.1 Å². The fourth-order valence-electron chi connectivity index (χ4n) is 2.19. The average molecular weight is 387 g/mol. The Morgan fingerprint density at radius 3 is 2.50 bits per heavy atom. The molecule has 28 heavy (non-hydrogen) atoms. The Bertz CT molecular complexity index is 820. The second kappa shape index (κ2) is 10.7. The minimum atomic E-state index is -0.832. The second-order valence-corrected chi connectivity index (χ2v) is 5.78.